The molecule has 0 aliphatic rings. The Kier molecular flexibility index (Phi) is 9.83. The first-order valence-corrected chi connectivity index (χ1v) is 7.61. The highest BCUT2D eigenvalue weighted by molar-refractivity contribution is 7.99. The van der Waals surface area contributed by atoms with Crippen LogP contribution in [0.3, 0.4) is 0 Å². The maximum absolute atomic E-state index is 11.7. The van der Waals surface area contributed by atoms with Crippen molar-refractivity contribution in [3.05, 3.63) is 0 Å². The van der Waals surface area contributed by atoms with Gasteiger partial charge in [0.15, 0.2) is 0 Å². The monoisotopic (exact) mass is 275 g/mol. The third kappa shape index (κ3) is 8.39. The number of methoxy groups -OCH3 is 1. The van der Waals surface area contributed by atoms with E-state index in [0.717, 1.165) is 18.6 Å². The maximum atomic E-state index is 11.7. The van der Waals surface area contributed by atoms with Crippen molar-refractivity contribution in [2.45, 2.75) is 46.1 Å². The minimum absolute atomic E-state index is 0.0906. The van der Waals surface area contributed by atoms with Crippen LogP contribution < -0.4 is 5.32 Å². The summed E-state index contributed by atoms with van der Waals surface area (Å²) in [6.07, 6.45) is 2.86. The molecule has 0 bridgehead atoms. The molecule has 0 saturated heterocycles. The molecule has 0 saturated carbocycles. The number of rotatable bonds is 9. The van der Waals surface area contributed by atoms with Gasteiger partial charge in [-0.25, -0.2) is 4.79 Å². The SMILES string of the molecule is CCCCSCC(=O)NC(CC(C)C)C(=O)OC. The molecule has 4 nitrogen and oxygen atoms in total. The Bertz CT molecular complexity index is 257. The summed E-state index contributed by atoms with van der Waals surface area (Å²) in [6.45, 7) is 6.15. The van der Waals surface area contributed by atoms with Crippen LogP contribution in [0.25, 0.3) is 0 Å². The number of nitrogens with one attached hydrogen (secondary N) is 1. The molecule has 0 aromatic heterocycles. The van der Waals surface area contributed by atoms with Crippen molar-refractivity contribution in [2.75, 3.05) is 18.6 Å². The van der Waals surface area contributed by atoms with Crippen molar-refractivity contribution in [3.8, 4) is 0 Å². The molecule has 0 aliphatic carbocycles. The summed E-state index contributed by atoms with van der Waals surface area (Å²) in [5.41, 5.74) is 0. The van der Waals surface area contributed by atoms with Crippen LogP contribution in [-0.4, -0.2) is 36.5 Å². The zero-order valence-corrected chi connectivity index (χ0v) is 12.6. The second-order valence-electron chi connectivity index (χ2n) is 4.68. The molecule has 1 amide bonds. The fraction of sp³-hybridized carbons (Fsp3) is 0.846. The highest BCUT2D eigenvalue weighted by Crippen LogP contribution is 2.08. The van der Waals surface area contributed by atoms with Crippen LogP contribution in [0.5, 0.6) is 0 Å². The number of carbonyl (C=O) groups is 2. The number of carbonyl (C=O) groups excluding carboxylic acids is 2. The van der Waals surface area contributed by atoms with Gasteiger partial charge in [-0.3, -0.25) is 4.79 Å². The molecule has 1 atom stereocenters. The van der Waals surface area contributed by atoms with Gasteiger partial charge in [-0.1, -0.05) is 27.2 Å². The van der Waals surface area contributed by atoms with Gasteiger partial charge in [0.1, 0.15) is 6.04 Å². The Morgan fingerprint density at radius 2 is 2.00 bits per heavy atom. The third-order valence-corrected chi connectivity index (χ3v) is 3.45. The number of amides is 1. The molecular formula is C13H25NO3S. The minimum Gasteiger partial charge on any atom is -0.467 e. The Hall–Kier alpha value is -0.710. The molecule has 106 valence electrons. The van der Waals surface area contributed by atoms with Gasteiger partial charge in [0.2, 0.25) is 5.91 Å². The van der Waals surface area contributed by atoms with Gasteiger partial charge in [0.05, 0.1) is 12.9 Å². The standard InChI is InChI=1S/C13H25NO3S/c1-5-6-7-18-9-12(15)14-11(8-10(2)3)13(16)17-4/h10-11H,5-9H2,1-4H3,(H,14,15). The van der Waals surface area contributed by atoms with Gasteiger partial charge in [0, 0.05) is 0 Å². The molecule has 0 aromatic rings. The van der Waals surface area contributed by atoms with Crippen LogP contribution in [0.15, 0.2) is 0 Å². The summed E-state index contributed by atoms with van der Waals surface area (Å²) in [5, 5.41) is 2.74. The summed E-state index contributed by atoms with van der Waals surface area (Å²) >= 11 is 1.60. The Morgan fingerprint density at radius 3 is 2.50 bits per heavy atom. The zero-order chi connectivity index (χ0) is 14.0. The molecule has 1 N–H and O–H groups in total. The van der Waals surface area contributed by atoms with E-state index < -0.39 is 6.04 Å². The summed E-state index contributed by atoms with van der Waals surface area (Å²) in [7, 11) is 1.35. The average Bonchev–Trinajstić information content (AvgIpc) is 2.32. The molecule has 0 fully saturated rings. The van der Waals surface area contributed by atoms with E-state index in [-0.39, 0.29) is 11.9 Å². The topological polar surface area (TPSA) is 55.4 Å². The van der Waals surface area contributed by atoms with E-state index in [1.807, 2.05) is 13.8 Å². The van der Waals surface area contributed by atoms with Crippen LogP contribution in [-0.2, 0) is 14.3 Å². The van der Waals surface area contributed by atoms with Gasteiger partial charge in [-0.05, 0) is 24.5 Å². The molecule has 5 heteroatoms. The van der Waals surface area contributed by atoms with E-state index in [1.165, 1.54) is 7.11 Å². The van der Waals surface area contributed by atoms with Crippen LogP contribution in [0, 0.1) is 5.92 Å². The van der Waals surface area contributed by atoms with E-state index in [0.29, 0.717) is 18.1 Å². The lowest BCUT2D eigenvalue weighted by Crippen LogP contribution is -2.43. The number of hydrogen-bond acceptors (Lipinski definition) is 4. The van der Waals surface area contributed by atoms with Gasteiger partial charge in [-0.15, -0.1) is 0 Å². The van der Waals surface area contributed by atoms with Crippen LogP contribution in [0.1, 0.15) is 40.0 Å². The lowest BCUT2D eigenvalue weighted by molar-refractivity contribution is -0.145. The van der Waals surface area contributed by atoms with Crippen molar-refractivity contribution >= 4 is 23.6 Å². The summed E-state index contributed by atoms with van der Waals surface area (Å²) in [6, 6.07) is -0.519. The highest BCUT2D eigenvalue weighted by Gasteiger charge is 2.22. The molecule has 0 spiro atoms. The second kappa shape index (κ2) is 10.2. The van der Waals surface area contributed by atoms with Crippen molar-refractivity contribution < 1.29 is 14.3 Å². The van der Waals surface area contributed by atoms with E-state index in [4.69, 9.17) is 4.74 Å². The van der Waals surface area contributed by atoms with Crippen molar-refractivity contribution in [1.29, 1.82) is 0 Å². The van der Waals surface area contributed by atoms with Crippen LogP contribution >= 0.6 is 11.8 Å². The normalized spacial score (nSPS) is 12.3. The second-order valence-corrected chi connectivity index (χ2v) is 5.78. The number of thioether (sulfide) groups is 1. The Balaban J connectivity index is 4.06. The maximum Gasteiger partial charge on any atom is 0.328 e. The highest BCUT2D eigenvalue weighted by atomic mass is 32.2. The van der Waals surface area contributed by atoms with Crippen molar-refractivity contribution in [1.82, 2.24) is 5.32 Å². The lowest BCUT2D eigenvalue weighted by Gasteiger charge is -2.18. The Labute approximate surface area is 114 Å². The zero-order valence-electron chi connectivity index (χ0n) is 11.8. The molecule has 0 aliphatic heterocycles. The smallest absolute Gasteiger partial charge is 0.328 e. The number of unbranched alkanes of at least 4 members (excludes halogenated alkanes) is 1. The molecule has 0 radical (unpaired) electrons. The Morgan fingerprint density at radius 1 is 1.33 bits per heavy atom. The van der Waals surface area contributed by atoms with Gasteiger partial charge >= 0.3 is 5.97 Å². The molecule has 18 heavy (non-hydrogen) atoms. The average molecular weight is 275 g/mol. The first-order valence-electron chi connectivity index (χ1n) is 6.46. The fourth-order valence-electron chi connectivity index (χ4n) is 1.48. The molecular weight excluding hydrogens is 250 g/mol. The molecule has 0 rings (SSSR count). The number of ether oxygens (including phenoxy) is 1. The molecule has 1 unspecified atom stereocenters. The van der Waals surface area contributed by atoms with E-state index in [2.05, 4.69) is 12.2 Å². The summed E-state index contributed by atoms with van der Waals surface area (Å²) in [4.78, 5) is 23.2. The fourth-order valence-corrected chi connectivity index (χ4v) is 2.38. The predicted molar refractivity (Wildman–Crippen MR) is 75.6 cm³/mol. The predicted octanol–water partition coefficient (Wildman–Crippen LogP) is 2.22. The first-order chi connectivity index (χ1) is 8.51. The molecule has 0 aromatic carbocycles. The van der Waals surface area contributed by atoms with E-state index in [1.54, 1.807) is 11.8 Å². The third-order valence-electron chi connectivity index (χ3n) is 2.40. The van der Waals surface area contributed by atoms with Crippen LogP contribution in [0.4, 0.5) is 0 Å². The summed E-state index contributed by atoms with van der Waals surface area (Å²) in [5.74, 6) is 1.27. The van der Waals surface area contributed by atoms with Gasteiger partial charge in [-0.2, -0.15) is 11.8 Å². The molecule has 0 heterocycles. The van der Waals surface area contributed by atoms with E-state index in [9.17, 15) is 9.59 Å². The van der Waals surface area contributed by atoms with Gasteiger partial charge in [0.25, 0.3) is 0 Å². The van der Waals surface area contributed by atoms with Crippen LogP contribution in [0.2, 0.25) is 0 Å². The largest absolute Gasteiger partial charge is 0.467 e. The van der Waals surface area contributed by atoms with Crippen molar-refractivity contribution in [3.63, 3.8) is 0 Å². The summed E-state index contributed by atoms with van der Waals surface area (Å²) < 4.78 is 4.70. The van der Waals surface area contributed by atoms with Crippen molar-refractivity contribution in [2.24, 2.45) is 5.92 Å². The number of hydrogen-bond donors (Lipinski definition) is 1. The number of esters is 1. The quantitative estimate of drug-likeness (QED) is 0.518. The lowest BCUT2D eigenvalue weighted by atomic mass is 10.0. The van der Waals surface area contributed by atoms with Gasteiger partial charge < -0.3 is 10.1 Å². The van der Waals surface area contributed by atoms with E-state index >= 15 is 0 Å². The first kappa shape index (κ1) is 17.3. The minimum atomic E-state index is -0.519.